The van der Waals surface area contributed by atoms with E-state index in [4.69, 9.17) is 28.4 Å². The van der Waals surface area contributed by atoms with Gasteiger partial charge in [-0.2, -0.15) is 0 Å². The van der Waals surface area contributed by atoms with E-state index < -0.39 is 81.9 Å². The molecule has 1 heterocycles. The van der Waals surface area contributed by atoms with Gasteiger partial charge in [0.1, 0.15) is 28.2 Å². The second-order valence-corrected chi connectivity index (χ2v) is 22.2. The first-order valence-corrected chi connectivity index (χ1v) is 16.6. The highest BCUT2D eigenvalue weighted by atomic mass is 79.9. The summed E-state index contributed by atoms with van der Waals surface area (Å²) in [5.41, 5.74) is 0. The van der Waals surface area contributed by atoms with Gasteiger partial charge in [0.05, 0.1) is 0 Å². The van der Waals surface area contributed by atoms with Crippen molar-refractivity contribution in [2.24, 2.45) is 0 Å². The lowest BCUT2D eigenvalue weighted by Gasteiger charge is -2.40. The minimum Gasteiger partial charge on any atom is -0.462 e. The molecule has 0 aliphatic carbocycles. The quantitative estimate of drug-likeness (QED) is 0.108. The van der Waals surface area contributed by atoms with Crippen LogP contribution in [0.3, 0.4) is 0 Å². The highest BCUT2D eigenvalue weighted by Crippen LogP contribution is 2.48. The lowest BCUT2D eigenvalue weighted by Crippen LogP contribution is -2.62. The Labute approximate surface area is 288 Å². The van der Waals surface area contributed by atoms with E-state index in [1.165, 1.54) is 76.2 Å². The molecule has 242 valence electrons. The molecule has 0 aromatic rings. The van der Waals surface area contributed by atoms with E-state index in [-0.39, 0.29) is 0 Å². The number of ether oxygens (including phenoxy) is 6. The van der Waals surface area contributed by atoms with Gasteiger partial charge < -0.3 is 28.4 Å². The summed E-state index contributed by atoms with van der Waals surface area (Å²) in [5, 5.41) is 0. The van der Waals surface area contributed by atoms with Crippen LogP contribution in [0.4, 0.5) is 0 Å². The molecule has 1 aliphatic heterocycles. The van der Waals surface area contributed by atoms with Crippen LogP contribution < -0.4 is 0 Å². The molecule has 1 aliphatic rings. The van der Waals surface area contributed by atoms with Crippen LogP contribution in [0.2, 0.25) is 0 Å². The zero-order valence-electron chi connectivity index (χ0n) is 25.2. The number of rotatable bonds is 11. The molecule has 0 radical (unpaired) electrons. The number of hydrogen-bond donors (Lipinski definition) is 0. The van der Waals surface area contributed by atoms with Crippen LogP contribution in [-0.4, -0.2) is 81.9 Å². The topological polar surface area (TPSA) is 141 Å². The number of carbonyl (C=O) groups is 5. The normalized spacial score (nSPS) is 23.0. The second-order valence-electron chi connectivity index (χ2n) is 12.3. The van der Waals surface area contributed by atoms with Crippen LogP contribution in [0.1, 0.15) is 76.2 Å². The molecule has 1 saturated heterocycles. The molecule has 0 spiro atoms. The molecule has 1 fully saturated rings. The first-order valence-electron chi connectivity index (χ1n) is 12.6. The van der Waals surface area contributed by atoms with Gasteiger partial charge in [-0.3, -0.25) is 24.0 Å². The SMILES string of the molecule is CC(C)(Br)C(=O)OCC1OC(C)(OC(=O)C(C)(C)Br)C(OC(=O)C(C)(C)Br)C1(OC(=O)C(C)(C)Br)OC(=O)C(C)(C)Br. The molecule has 0 N–H and O–H groups in total. The molecule has 16 heteroatoms. The van der Waals surface area contributed by atoms with Crippen molar-refractivity contribution in [2.45, 2.75) is 122 Å². The number of halogens is 5. The van der Waals surface area contributed by atoms with Crippen molar-refractivity contribution in [1.82, 2.24) is 0 Å². The largest absolute Gasteiger partial charge is 0.462 e. The third-order valence-electron chi connectivity index (χ3n) is 5.48. The van der Waals surface area contributed by atoms with Crippen molar-refractivity contribution in [3.8, 4) is 0 Å². The van der Waals surface area contributed by atoms with Gasteiger partial charge in [-0.15, -0.1) is 0 Å². The first-order chi connectivity index (χ1) is 18.4. The number of esters is 5. The van der Waals surface area contributed by atoms with Crippen LogP contribution >= 0.6 is 79.6 Å². The summed E-state index contributed by atoms with van der Waals surface area (Å²) in [6, 6.07) is 0. The van der Waals surface area contributed by atoms with Crippen molar-refractivity contribution in [3.63, 3.8) is 0 Å². The Balaban J connectivity index is 4.07. The molecule has 1 rings (SSSR count). The van der Waals surface area contributed by atoms with Crippen LogP contribution in [0.5, 0.6) is 0 Å². The Hall–Kier alpha value is -0.290. The number of carbonyl (C=O) groups excluding carboxylic acids is 5. The molecule has 0 bridgehead atoms. The Bertz CT molecular complexity index is 1050. The average molecular weight is 925 g/mol. The van der Waals surface area contributed by atoms with Crippen molar-refractivity contribution < 1.29 is 52.4 Å². The first kappa shape index (κ1) is 39.7. The number of hydrogen-bond acceptors (Lipinski definition) is 11. The summed E-state index contributed by atoms with van der Waals surface area (Å²) < 4.78 is 28.4. The predicted molar refractivity (Wildman–Crippen MR) is 170 cm³/mol. The molecule has 0 aromatic carbocycles. The van der Waals surface area contributed by atoms with Gasteiger partial charge in [0.25, 0.3) is 5.79 Å². The minimum atomic E-state index is -2.64. The molecular weight excluding hydrogens is 888 g/mol. The van der Waals surface area contributed by atoms with Gasteiger partial charge in [-0.1, -0.05) is 79.6 Å². The Morgan fingerprint density at radius 1 is 0.595 bits per heavy atom. The Morgan fingerprint density at radius 3 is 1.26 bits per heavy atom. The van der Waals surface area contributed by atoms with Crippen LogP contribution in [0, 0.1) is 0 Å². The van der Waals surface area contributed by atoms with E-state index in [0.29, 0.717) is 0 Å². The fourth-order valence-electron chi connectivity index (χ4n) is 3.04. The second kappa shape index (κ2) is 13.2. The van der Waals surface area contributed by atoms with Crippen LogP contribution in [0.15, 0.2) is 0 Å². The fraction of sp³-hybridized carbons (Fsp3) is 0.808. The standard InChI is InChI=1S/C26H37Br5O11/c1-20(2,27)15(32)37-12-13-26(41-18(35)23(7,8)30,42-19(36)24(9,10)31)14(38-16(33)21(3,4)28)25(11,39-13)40-17(34)22(5,6)29/h13-14H,12H2,1-11H3. The molecule has 3 atom stereocenters. The molecule has 0 aromatic heterocycles. The molecule has 0 amide bonds. The van der Waals surface area contributed by atoms with Crippen LogP contribution in [0.25, 0.3) is 0 Å². The fourth-order valence-corrected chi connectivity index (χ4v) is 3.50. The smallest absolute Gasteiger partial charge is 0.330 e. The Morgan fingerprint density at radius 2 is 0.929 bits per heavy atom. The van der Waals surface area contributed by atoms with E-state index in [2.05, 4.69) is 79.6 Å². The van der Waals surface area contributed by atoms with Gasteiger partial charge in [0.2, 0.25) is 6.10 Å². The molecule has 3 unspecified atom stereocenters. The molecule has 0 saturated carbocycles. The third kappa shape index (κ3) is 10.1. The zero-order chi connectivity index (χ0) is 33.5. The summed E-state index contributed by atoms with van der Waals surface area (Å²) in [7, 11) is 0. The summed E-state index contributed by atoms with van der Waals surface area (Å²) in [5.74, 6) is -9.36. The lowest BCUT2D eigenvalue weighted by molar-refractivity contribution is -0.279. The average Bonchev–Trinajstić information content (AvgIpc) is 2.96. The highest BCUT2D eigenvalue weighted by molar-refractivity contribution is 9.11. The van der Waals surface area contributed by atoms with Gasteiger partial charge >= 0.3 is 35.6 Å². The summed E-state index contributed by atoms with van der Waals surface area (Å²) >= 11 is 16.1. The summed E-state index contributed by atoms with van der Waals surface area (Å²) in [6.07, 6.45) is -3.59. The highest BCUT2D eigenvalue weighted by Gasteiger charge is 2.73. The van der Waals surface area contributed by atoms with Gasteiger partial charge in [-0.05, 0) is 69.2 Å². The van der Waals surface area contributed by atoms with Crippen molar-refractivity contribution in [3.05, 3.63) is 0 Å². The third-order valence-corrected chi connectivity index (χ3v) is 7.10. The molecular formula is C26H37Br5O11. The van der Waals surface area contributed by atoms with Crippen molar-refractivity contribution in [2.75, 3.05) is 6.61 Å². The van der Waals surface area contributed by atoms with E-state index in [9.17, 15) is 24.0 Å². The van der Waals surface area contributed by atoms with Crippen molar-refractivity contribution in [1.29, 1.82) is 0 Å². The van der Waals surface area contributed by atoms with E-state index in [0.717, 1.165) is 0 Å². The molecule has 11 nitrogen and oxygen atoms in total. The minimum absolute atomic E-state index is 0.684. The Kier molecular flexibility index (Phi) is 12.5. The van der Waals surface area contributed by atoms with Crippen LogP contribution in [-0.2, 0) is 52.4 Å². The van der Waals surface area contributed by atoms with E-state index in [1.54, 1.807) is 0 Å². The van der Waals surface area contributed by atoms with E-state index in [1.807, 2.05) is 0 Å². The van der Waals surface area contributed by atoms with Crippen molar-refractivity contribution >= 4 is 109 Å². The predicted octanol–water partition coefficient (Wildman–Crippen LogP) is 5.75. The molecule has 42 heavy (non-hydrogen) atoms. The monoisotopic (exact) mass is 920 g/mol. The van der Waals surface area contributed by atoms with Gasteiger partial charge in [0, 0.05) is 6.92 Å². The lowest BCUT2D eigenvalue weighted by atomic mass is 9.99. The zero-order valence-corrected chi connectivity index (χ0v) is 33.2. The summed E-state index contributed by atoms with van der Waals surface area (Å²) in [6.45, 7) is 15.5. The summed E-state index contributed by atoms with van der Waals surface area (Å²) in [4.78, 5) is 65.9. The van der Waals surface area contributed by atoms with Gasteiger partial charge in [0.15, 0.2) is 6.10 Å². The maximum atomic E-state index is 13.4. The van der Waals surface area contributed by atoms with E-state index >= 15 is 0 Å². The maximum Gasteiger partial charge on any atom is 0.330 e. The maximum absolute atomic E-state index is 13.4. The number of alkyl halides is 5. The van der Waals surface area contributed by atoms with Gasteiger partial charge in [-0.25, -0.2) is 0 Å².